The minimum Gasteiger partial charge on any atom is -0.347 e. The van der Waals surface area contributed by atoms with E-state index in [4.69, 9.17) is 0 Å². The number of amides is 2. The normalized spacial score (nSPS) is 17.1. The zero-order valence-corrected chi connectivity index (χ0v) is 16.1. The summed E-state index contributed by atoms with van der Waals surface area (Å²) in [6.45, 7) is 0.967. The number of nitrogens with zero attached hydrogens (tertiary/aromatic N) is 3. The van der Waals surface area contributed by atoms with Gasteiger partial charge in [0, 0.05) is 43.5 Å². The molecule has 142 valence electrons. The first-order valence-corrected chi connectivity index (χ1v) is 10.3. The lowest BCUT2D eigenvalue weighted by molar-refractivity contribution is -0.127. The molecule has 7 nitrogen and oxygen atoms in total. The summed E-state index contributed by atoms with van der Waals surface area (Å²) in [7, 11) is -0.342. The molecule has 2 aliphatic heterocycles. The van der Waals surface area contributed by atoms with Crippen molar-refractivity contribution in [2.75, 3.05) is 38.6 Å². The molecule has 2 aromatic rings. The zero-order chi connectivity index (χ0) is 19.3. The van der Waals surface area contributed by atoms with Gasteiger partial charge in [0.15, 0.2) is 0 Å². The van der Waals surface area contributed by atoms with E-state index in [2.05, 4.69) is 0 Å². The van der Waals surface area contributed by atoms with Crippen molar-refractivity contribution in [3.63, 3.8) is 0 Å². The van der Waals surface area contributed by atoms with Crippen LogP contribution in [0.4, 0.5) is 5.69 Å². The summed E-state index contributed by atoms with van der Waals surface area (Å²) in [6, 6.07) is 8.31. The Morgan fingerprint density at radius 3 is 2.48 bits per heavy atom. The molecular weight excluding hydrogens is 366 g/mol. The van der Waals surface area contributed by atoms with Crippen LogP contribution in [-0.4, -0.2) is 63.2 Å². The first-order valence-electron chi connectivity index (χ1n) is 8.90. The summed E-state index contributed by atoms with van der Waals surface area (Å²) >= 11 is 0. The van der Waals surface area contributed by atoms with Gasteiger partial charge in [-0.15, -0.1) is 0 Å². The molecule has 0 radical (unpaired) electrons. The summed E-state index contributed by atoms with van der Waals surface area (Å²) in [5.41, 5.74) is 1.02. The second kappa shape index (κ2) is 6.31. The molecule has 8 heteroatoms. The molecule has 27 heavy (non-hydrogen) atoms. The van der Waals surface area contributed by atoms with E-state index in [1.165, 1.54) is 14.1 Å². The highest BCUT2D eigenvalue weighted by Crippen LogP contribution is 2.40. The van der Waals surface area contributed by atoms with Gasteiger partial charge in [-0.25, -0.2) is 8.42 Å². The molecule has 0 atom stereocenters. The van der Waals surface area contributed by atoms with Crippen LogP contribution >= 0.6 is 0 Å². The Hall–Kier alpha value is -2.45. The topological polar surface area (TPSA) is 78.0 Å². The van der Waals surface area contributed by atoms with Crippen LogP contribution in [0.1, 0.15) is 23.2 Å². The van der Waals surface area contributed by atoms with Gasteiger partial charge < -0.3 is 4.90 Å². The number of carbonyl (C=O) groups excluding carboxylic acids is 2. The molecule has 2 aliphatic rings. The highest BCUT2D eigenvalue weighted by Gasteiger charge is 2.35. The predicted molar refractivity (Wildman–Crippen MR) is 102 cm³/mol. The van der Waals surface area contributed by atoms with Crippen LogP contribution in [0.2, 0.25) is 0 Å². The van der Waals surface area contributed by atoms with Crippen molar-refractivity contribution in [3.8, 4) is 0 Å². The van der Waals surface area contributed by atoms with Crippen LogP contribution in [0.15, 0.2) is 35.2 Å². The van der Waals surface area contributed by atoms with Crippen LogP contribution in [0.3, 0.4) is 0 Å². The van der Waals surface area contributed by atoms with Gasteiger partial charge in [0.05, 0.1) is 10.6 Å². The van der Waals surface area contributed by atoms with Crippen molar-refractivity contribution < 1.29 is 18.0 Å². The van der Waals surface area contributed by atoms with Crippen molar-refractivity contribution in [2.45, 2.75) is 17.7 Å². The molecule has 2 heterocycles. The van der Waals surface area contributed by atoms with Gasteiger partial charge in [0.1, 0.15) is 6.54 Å². The third-order valence-corrected chi connectivity index (χ3v) is 7.18. The SMILES string of the molecule is CN(C)C(=O)CN1C(=O)c2cccc3c(S(=O)(=O)N4CCCC4)ccc1c23. The van der Waals surface area contributed by atoms with Gasteiger partial charge in [-0.05, 0) is 31.0 Å². The molecule has 0 saturated carbocycles. The molecule has 1 saturated heterocycles. The second-order valence-corrected chi connectivity index (χ2v) is 9.01. The predicted octanol–water partition coefficient (Wildman–Crippen LogP) is 1.67. The zero-order valence-electron chi connectivity index (χ0n) is 15.3. The summed E-state index contributed by atoms with van der Waals surface area (Å²) < 4.78 is 27.7. The first kappa shape index (κ1) is 17.9. The number of benzene rings is 2. The van der Waals surface area contributed by atoms with E-state index in [0.29, 0.717) is 35.1 Å². The van der Waals surface area contributed by atoms with Crippen LogP contribution in [0, 0.1) is 0 Å². The standard InChI is InChI=1S/C19H21N3O4S/c1-20(2)17(23)12-22-15-8-9-16(27(25,26)21-10-3-4-11-21)13-6-5-7-14(18(13)15)19(22)24/h5-9H,3-4,10-12H2,1-2H3. The number of hydrogen-bond donors (Lipinski definition) is 0. The molecular formula is C19H21N3O4S. The van der Waals surface area contributed by atoms with Crippen LogP contribution in [0.25, 0.3) is 10.8 Å². The van der Waals surface area contributed by atoms with Crippen LogP contribution < -0.4 is 4.90 Å². The van der Waals surface area contributed by atoms with Crippen LogP contribution in [0.5, 0.6) is 0 Å². The van der Waals surface area contributed by atoms with E-state index in [0.717, 1.165) is 12.8 Å². The number of anilines is 1. The van der Waals surface area contributed by atoms with Crippen molar-refractivity contribution in [1.29, 1.82) is 0 Å². The summed E-state index contributed by atoms with van der Waals surface area (Å²) in [5.74, 6) is -0.473. The molecule has 0 unspecified atom stereocenters. The van der Waals surface area contributed by atoms with Gasteiger partial charge in [-0.3, -0.25) is 14.5 Å². The third kappa shape index (κ3) is 2.71. The van der Waals surface area contributed by atoms with Crippen LogP contribution in [-0.2, 0) is 14.8 Å². The van der Waals surface area contributed by atoms with Gasteiger partial charge in [-0.2, -0.15) is 4.31 Å². The minimum atomic E-state index is -3.61. The average molecular weight is 387 g/mol. The maximum atomic E-state index is 13.1. The van der Waals surface area contributed by atoms with Crippen molar-refractivity contribution in [2.24, 2.45) is 0 Å². The Balaban J connectivity index is 1.86. The van der Waals surface area contributed by atoms with E-state index < -0.39 is 10.0 Å². The minimum absolute atomic E-state index is 0.0756. The maximum absolute atomic E-state index is 13.1. The Morgan fingerprint density at radius 1 is 1.11 bits per heavy atom. The summed E-state index contributed by atoms with van der Waals surface area (Å²) in [5, 5.41) is 1.14. The molecule has 2 amide bonds. The summed E-state index contributed by atoms with van der Waals surface area (Å²) in [6.07, 6.45) is 1.72. The fourth-order valence-corrected chi connectivity index (χ4v) is 5.45. The average Bonchev–Trinajstić information content (AvgIpc) is 3.27. The molecule has 0 spiro atoms. The molecule has 0 aliphatic carbocycles. The van der Waals surface area contributed by atoms with Gasteiger partial charge in [0.2, 0.25) is 15.9 Å². The van der Waals surface area contributed by atoms with E-state index in [9.17, 15) is 18.0 Å². The quantitative estimate of drug-likeness (QED) is 0.800. The Bertz CT molecular complexity index is 1060. The first-order chi connectivity index (χ1) is 12.8. The van der Waals surface area contributed by atoms with Crippen molar-refractivity contribution in [1.82, 2.24) is 9.21 Å². The number of carbonyl (C=O) groups is 2. The van der Waals surface area contributed by atoms with E-state index in [1.807, 2.05) is 0 Å². The lowest BCUT2D eigenvalue weighted by Crippen LogP contribution is -2.38. The molecule has 4 rings (SSSR count). The number of sulfonamides is 1. The second-order valence-electron chi connectivity index (χ2n) is 7.10. The monoisotopic (exact) mass is 387 g/mol. The van der Waals surface area contributed by atoms with Gasteiger partial charge >= 0.3 is 0 Å². The van der Waals surface area contributed by atoms with E-state index in [-0.39, 0.29) is 23.3 Å². The van der Waals surface area contributed by atoms with E-state index >= 15 is 0 Å². The third-order valence-electron chi connectivity index (χ3n) is 5.22. The lowest BCUT2D eigenvalue weighted by Gasteiger charge is -2.20. The Morgan fingerprint density at radius 2 is 1.81 bits per heavy atom. The number of likely N-dealkylation sites (N-methyl/N-ethyl adjacent to an activating group) is 1. The largest absolute Gasteiger partial charge is 0.347 e. The molecule has 0 bridgehead atoms. The number of rotatable bonds is 4. The van der Waals surface area contributed by atoms with Gasteiger partial charge in [0.25, 0.3) is 5.91 Å². The Kier molecular flexibility index (Phi) is 4.20. The Labute approximate surface area is 158 Å². The number of hydrogen-bond acceptors (Lipinski definition) is 4. The fraction of sp³-hybridized carbons (Fsp3) is 0.368. The smallest absolute Gasteiger partial charge is 0.259 e. The maximum Gasteiger partial charge on any atom is 0.259 e. The molecule has 2 aromatic carbocycles. The highest BCUT2D eigenvalue weighted by molar-refractivity contribution is 7.89. The highest BCUT2D eigenvalue weighted by atomic mass is 32.2. The van der Waals surface area contributed by atoms with Crippen molar-refractivity contribution in [3.05, 3.63) is 35.9 Å². The summed E-state index contributed by atoms with van der Waals surface area (Å²) in [4.78, 5) is 28.1. The van der Waals surface area contributed by atoms with Gasteiger partial charge in [-0.1, -0.05) is 12.1 Å². The van der Waals surface area contributed by atoms with E-state index in [1.54, 1.807) is 44.4 Å². The molecule has 0 aromatic heterocycles. The molecule has 0 N–H and O–H groups in total. The van der Waals surface area contributed by atoms with Crippen molar-refractivity contribution >= 4 is 38.3 Å². The molecule has 1 fully saturated rings. The fourth-order valence-electron chi connectivity index (χ4n) is 3.75. The lowest BCUT2D eigenvalue weighted by atomic mass is 10.1.